The molecule has 26 heavy (non-hydrogen) atoms. The minimum atomic E-state index is -0.388. The lowest BCUT2D eigenvalue weighted by atomic mass is 9.96. The van der Waals surface area contributed by atoms with E-state index in [1.54, 1.807) is 0 Å². The molecule has 1 aliphatic rings. The molecule has 1 amide bonds. The molecule has 1 rings (SSSR count). The topological polar surface area (TPSA) is 88.0 Å². The molecule has 1 unspecified atom stereocenters. The van der Waals surface area contributed by atoms with Gasteiger partial charge < -0.3 is 25.0 Å². The second-order valence-electron chi connectivity index (χ2n) is 7.67. The summed E-state index contributed by atoms with van der Waals surface area (Å²) in [5, 5.41) is 21.1. The molecule has 0 spiro atoms. The van der Waals surface area contributed by atoms with Crippen molar-refractivity contribution in [2.45, 2.75) is 103 Å². The molecule has 6 heteroatoms. The first-order chi connectivity index (χ1) is 12.4. The molecule has 0 aromatic rings. The summed E-state index contributed by atoms with van der Waals surface area (Å²) in [5.41, 5.74) is 0. The average Bonchev–Trinajstić information content (AvgIpc) is 2.60. The number of ether oxygens (including phenoxy) is 2. The maximum atomic E-state index is 11.4. The van der Waals surface area contributed by atoms with Gasteiger partial charge in [-0.05, 0) is 33.1 Å². The molecule has 5 atom stereocenters. The van der Waals surface area contributed by atoms with Crippen LogP contribution in [0.2, 0.25) is 0 Å². The van der Waals surface area contributed by atoms with Crippen LogP contribution in [0.25, 0.3) is 0 Å². The van der Waals surface area contributed by atoms with Crippen LogP contribution in [0.15, 0.2) is 0 Å². The van der Waals surface area contributed by atoms with Crippen molar-refractivity contribution >= 4 is 5.91 Å². The molecule has 0 radical (unpaired) electrons. The SMILES string of the molecule is CC1O[C@@H](O[C@H](C)CCCCCCCCC(=O)NCCO)[C@@H](C)C[C@H]1O. The minimum Gasteiger partial charge on any atom is -0.395 e. The number of hydrogen-bond donors (Lipinski definition) is 3. The van der Waals surface area contributed by atoms with Crippen LogP contribution >= 0.6 is 0 Å². The van der Waals surface area contributed by atoms with Crippen molar-refractivity contribution in [2.75, 3.05) is 13.2 Å². The summed E-state index contributed by atoms with van der Waals surface area (Å²) in [4.78, 5) is 11.4. The lowest BCUT2D eigenvalue weighted by Crippen LogP contribution is -2.44. The summed E-state index contributed by atoms with van der Waals surface area (Å²) >= 11 is 0. The zero-order chi connectivity index (χ0) is 19.4. The lowest BCUT2D eigenvalue weighted by molar-refractivity contribution is -0.255. The van der Waals surface area contributed by atoms with Gasteiger partial charge in [-0.15, -0.1) is 0 Å². The number of rotatable bonds is 13. The van der Waals surface area contributed by atoms with Crippen molar-refractivity contribution in [3.05, 3.63) is 0 Å². The van der Waals surface area contributed by atoms with Crippen LogP contribution in [0.1, 0.15) is 78.6 Å². The standard InChI is InChI=1S/C20H39NO5/c1-15-14-18(23)17(3)26-20(15)25-16(2)10-8-6-4-5-7-9-11-19(24)21-12-13-22/h15-18,20,22-23H,4-14H2,1-3H3,(H,21,24)/t15-,16+,17?,18+,20+/m0/s1. The van der Waals surface area contributed by atoms with Crippen molar-refractivity contribution < 1.29 is 24.5 Å². The van der Waals surface area contributed by atoms with Crippen molar-refractivity contribution in [3.8, 4) is 0 Å². The van der Waals surface area contributed by atoms with E-state index < -0.39 is 0 Å². The summed E-state index contributed by atoms with van der Waals surface area (Å²) in [6.45, 7) is 6.41. The van der Waals surface area contributed by atoms with E-state index in [1.165, 1.54) is 12.8 Å². The Hall–Kier alpha value is -0.690. The number of carbonyl (C=O) groups excluding carboxylic acids is 1. The highest BCUT2D eigenvalue weighted by Gasteiger charge is 2.33. The van der Waals surface area contributed by atoms with Gasteiger partial charge in [0.2, 0.25) is 5.91 Å². The summed E-state index contributed by atoms with van der Waals surface area (Å²) < 4.78 is 11.8. The predicted molar refractivity (Wildman–Crippen MR) is 102 cm³/mol. The quantitative estimate of drug-likeness (QED) is 0.432. The fourth-order valence-electron chi connectivity index (χ4n) is 3.29. The van der Waals surface area contributed by atoms with Gasteiger partial charge in [0, 0.05) is 18.9 Å². The predicted octanol–water partition coefficient (Wildman–Crippen LogP) is 2.75. The number of unbranched alkanes of at least 4 members (excludes halogenated alkanes) is 5. The Balaban J connectivity index is 1.98. The van der Waals surface area contributed by atoms with E-state index in [2.05, 4.69) is 19.2 Å². The molecule has 3 N–H and O–H groups in total. The van der Waals surface area contributed by atoms with Crippen LogP contribution in [-0.2, 0) is 14.3 Å². The van der Waals surface area contributed by atoms with Crippen molar-refractivity contribution in [1.29, 1.82) is 0 Å². The molecule has 1 saturated heterocycles. The highest BCUT2D eigenvalue weighted by atomic mass is 16.7. The molecule has 154 valence electrons. The average molecular weight is 374 g/mol. The van der Waals surface area contributed by atoms with Gasteiger partial charge >= 0.3 is 0 Å². The van der Waals surface area contributed by atoms with E-state index in [0.29, 0.717) is 13.0 Å². The molecular weight excluding hydrogens is 334 g/mol. The van der Waals surface area contributed by atoms with E-state index in [-0.39, 0.29) is 43.0 Å². The monoisotopic (exact) mass is 373 g/mol. The van der Waals surface area contributed by atoms with Crippen molar-refractivity contribution in [3.63, 3.8) is 0 Å². The zero-order valence-electron chi connectivity index (χ0n) is 16.8. The number of aliphatic hydroxyl groups excluding tert-OH is 2. The first kappa shape index (κ1) is 23.3. The van der Waals surface area contributed by atoms with Crippen LogP contribution in [0.4, 0.5) is 0 Å². The molecule has 6 nitrogen and oxygen atoms in total. The fourth-order valence-corrected chi connectivity index (χ4v) is 3.29. The lowest BCUT2D eigenvalue weighted by Gasteiger charge is -2.37. The van der Waals surface area contributed by atoms with Crippen LogP contribution in [0.3, 0.4) is 0 Å². The Bertz CT molecular complexity index is 379. The molecule has 0 bridgehead atoms. The van der Waals surface area contributed by atoms with E-state index in [4.69, 9.17) is 14.6 Å². The Labute approximate surface area is 158 Å². The largest absolute Gasteiger partial charge is 0.395 e. The summed E-state index contributed by atoms with van der Waals surface area (Å²) in [7, 11) is 0. The highest BCUT2D eigenvalue weighted by molar-refractivity contribution is 5.75. The number of aliphatic hydroxyl groups is 2. The van der Waals surface area contributed by atoms with Gasteiger partial charge in [-0.2, -0.15) is 0 Å². The van der Waals surface area contributed by atoms with Gasteiger partial charge in [0.05, 0.1) is 24.9 Å². The van der Waals surface area contributed by atoms with E-state index >= 15 is 0 Å². The Morgan fingerprint density at radius 2 is 1.85 bits per heavy atom. The number of carbonyl (C=O) groups is 1. The maximum absolute atomic E-state index is 11.4. The second kappa shape index (κ2) is 13.5. The third-order valence-corrected chi connectivity index (χ3v) is 5.03. The highest BCUT2D eigenvalue weighted by Crippen LogP contribution is 2.27. The van der Waals surface area contributed by atoms with Gasteiger partial charge in [0.15, 0.2) is 6.29 Å². The Kier molecular flexibility index (Phi) is 12.1. The van der Waals surface area contributed by atoms with E-state index in [9.17, 15) is 9.90 Å². The van der Waals surface area contributed by atoms with Crippen LogP contribution < -0.4 is 5.32 Å². The molecule has 1 heterocycles. The van der Waals surface area contributed by atoms with Crippen LogP contribution in [0.5, 0.6) is 0 Å². The third-order valence-electron chi connectivity index (χ3n) is 5.03. The summed E-state index contributed by atoms with van der Waals surface area (Å²) in [5.74, 6) is 0.254. The first-order valence-corrected chi connectivity index (χ1v) is 10.3. The Morgan fingerprint density at radius 1 is 1.19 bits per heavy atom. The number of hydrogen-bond acceptors (Lipinski definition) is 5. The van der Waals surface area contributed by atoms with Gasteiger partial charge in [0.25, 0.3) is 0 Å². The van der Waals surface area contributed by atoms with Crippen molar-refractivity contribution in [2.24, 2.45) is 5.92 Å². The molecule has 0 aromatic heterocycles. The molecule has 0 saturated carbocycles. The number of nitrogens with one attached hydrogen (secondary N) is 1. The third kappa shape index (κ3) is 9.86. The molecule has 1 fully saturated rings. The van der Waals surface area contributed by atoms with Gasteiger partial charge in [-0.25, -0.2) is 0 Å². The smallest absolute Gasteiger partial charge is 0.220 e. The Morgan fingerprint density at radius 3 is 2.54 bits per heavy atom. The first-order valence-electron chi connectivity index (χ1n) is 10.3. The molecule has 0 aliphatic carbocycles. The van der Waals surface area contributed by atoms with Gasteiger partial charge in [-0.3, -0.25) is 4.79 Å². The molecule has 0 aromatic carbocycles. The zero-order valence-corrected chi connectivity index (χ0v) is 16.8. The van der Waals surface area contributed by atoms with Crippen LogP contribution in [0, 0.1) is 5.92 Å². The van der Waals surface area contributed by atoms with Gasteiger partial charge in [0.1, 0.15) is 0 Å². The second-order valence-corrected chi connectivity index (χ2v) is 7.67. The fraction of sp³-hybridized carbons (Fsp3) is 0.950. The van der Waals surface area contributed by atoms with E-state index in [1.807, 2.05) is 6.92 Å². The minimum absolute atomic E-state index is 0.000635. The van der Waals surface area contributed by atoms with E-state index in [0.717, 1.165) is 38.5 Å². The van der Waals surface area contributed by atoms with Crippen molar-refractivity contribution in [1.82, 2.24) is 5.32 Å². The molecule has 1 aliphatic heterocycles. The maximum Gasteiger partial charge on any atom is 0.220 e. The molecular formula is C20H39NO5. The summed E-state index contributed by atoms with van der Waals surface area (Å²) in [6.07, 6.45) is 8.37. The van der Waals surface area contributed by atoms with Gasteiger partial charge in [-0.1, -0.05) is 39.0 Å². The van der Waals surface area contributed by atoms with Crippen LogP contribution in [-0.4, -0.2) is 53.9 Å². The summed E-state index contributed by atoms with van der Waals surface area (Å²) in [6, 6.07) is 0. The normalized spacial score (nSPS) is 27.3. The number of amides is 1.